The molecule has 1 saturated carbocycles. The van der Waals surface area contributed by atoms with Crippen LogP contribution < -0.4 is 21.3 Å². The van der Waals surface area contributed by atoms with Crippen molar-refractivity contribution in [2.75, 3.05) is 57.7 Å². The summed E-state index contributed by atoms with van der Waals surface area (Å²) in [5.41, 5.74) is 7.98. The zero-order valence-electron chi connectivity index (χ0n) is 47.6. The minimum absolute atomic E-state index is 0.0183. The number of unbranched alkanes of at least 4 members (excludes halogenated alkanes) is 4. The highest BCUT2D eigenvalue weighted by Gasteiger charge is 2.46. The number of nitrogens with zero attached hydrogens (tertiary/aromatic N) is 9. The number of fused-ring (bicyclic) bond motifs is 1. The predicted octanol–water partition coefficient (Wildman–Crippen LogP) is 7.59. The number of H-pyrrole nitrogens is 1. The number of carbonyl (C=O) groups is 5. The second-order valence-electron chi connectivity index (χ2n) is 23.2. The van der Waals surface area contributed by atoms with Gasteiger partial charge in [0.15, 0.2) is 11.5 Å². The SMILES string of the molecule is Cc1cc([C@H](C(=O)N2C[C@H](O)C[C@H]2C(=O)N[C@@H](CC(=O)NCCCCCCCNC(=O)CN2CCN(C(=O)c3ccc(Nc4nc(C5CC5)cn5c(-c6cn[nH]c6)cnc45)c(F)c3)CC2)c2ccc(-c3scnc3C)cc2)C(C)(C)C)on1. The highest BCUT2D eigenvalue weighted by atomic mass is 32.1. The molecule has 1 aliphatic carbocycles. The van der Waals surface area contributed by atoms with E-state index in [9.17, 15) is 29.1 Å². The number of imidazole rings is 1. The molecular weight excluding hydrogens is 1080 g/mol. The molecule has 5 amide bonds. The molecule has 7 aromatic rings. The number of piperazine rings is 1. The second kappa shape index (κ2) is 25.7. The molecule has 0 unspecified atom stereocenters. The van der Waals surface area contributed by atoms with E-state index in [4.69, 9.17) is 9.51 Å². The molecule has 83 heavy (non-hydrogen) atoms. The predicted molar refractivity (Wildman–Crippen MR) is 311 cm³/mol. The smallest absolute Gasteiger partial charge is 0.254 e. The number of aromatic amines is 1. The zero-order chi connectivity index (χ0) is 58.4. The van der Waals surface area contributed by atoms with Gasteiger partial charge in [0.1, 0.15) is 23.5 Å². The van der Waals surface area contributed by atoms with Gasteiger partial charge >= 0.3 is 0 Å². The minimum Gasteiger partial charge on any atom is -0.391 e. The van der Waals surface area contributed by atoms with E-state index < -0.39 is 41.2 Å². The van der Waals surface area contributed by atoms with Gasteiger partial charge in [-0.3, -0.25) is 38.4 Å². The lowest BCUT2D eigenvalue weighted by molar-refractivity contribution is -0.142. The van der Waals surface area contributed by atoms with Crippen LogP contribution in [0.3, 0.4) is 0 Å². The van der Waals surface area contributed by atoms with E-state index in [1.807, 2.05) is 67.5 Å². The number of aliphatic hydroxyl groups is 1. The summed E-state index contributed by atoms with van der Waals surface area (Å²) in [6.45, 7) is 12.5. The number of likely N-dealkylation sites (tertiary alicyclic amines) is 1. The van der Waals surface area contributed by atoms with E-state index >= 15 is 4.39 Å². The molecule has 0 spiro atoms. The standard InChI is InChI=1S/C60H73FN14O7S/c1-36-25-50(82-71-36)53(60(3,4)5)59(81)75-32-43(76)27-48(75)57(79)70-46(38-13-15-40(16-14-38)54-37(2)65-35-83-54)28-51(77)62-19-9-7-6-8-10-20-63-52(78)34-72-21-23-73(24-22-72)58(80)41-17-18-45(44(61)26-41)68-55-56-64-31-49(42-29-66-67-30-42)74(56)33-47(69-55)39-11-12-39/h13-18,25-26,29-31,33,35,39,43,46,48,53,76H,6-12,19-24,27-28,32,34H2,1-5H3,(H,62,77)(H,63,78)(H,66,67)(H,68,69)(H,70,79)/t43-,46+,48+,53-/m1/s1. The summed E-state index contributed by atoms with van der Waals surface area (Å²) in [4.78, 5) is 88.5. The van der Waals surface area contributed by atoms with Crippen LogP contribution in [0.4, 0.5) is 15.9 Å². The number of β-amino-alcohol motifs (C(OH)–C–C–N with tert-alkyl or cyclic N) is 1. The summed E-state index contributed by atoms with van der Waals surface area (Å²) >= 11 is 1.53. The summed E-state index contributed by atoms with van der Waals surface area (Å²) < 4.78 is 23.2. The number of aromatic nitrogens is 7. The van der Waals surface area contributed by atoms with Crippen molar-refractivity contribution in [1.82, 2.24) is 65.4 Å². The zero-order valence-corrected chi connectivity index (χ0v) is 48.4. The van der Waals surface area contributed by atoms with Crippen LogP contribution in [0.1, 0.15) is 135 Å². The Hall–Kier alpha value is -7.89. The number of aliphatic hydroxyl groups excluding tert-OH is 1. The molecule has 4 atom stereocenters. The van der Waals surface area contributed by atoms with Crippen molar-refractivity contribution in [3.05, 3.63) is 119 Å². The Morgan fingerprint density at radius 2 is 1.63 bits per heavy atom. The number of benzene rings is 2. The maximum absolute atomic E-state index is 15.7. The number of thiazole rings is 1. The molecule has 5 aromatic heterocycles. The number of nitrogens with one attached hydrogen (secondary N) is 5. The monoisotopic (exact) mass is 1150 g/mol. The third-order valence-electron chi connectivity index (χ3n) is 15.7. The number of aryl methyl sites for hydroxylation is 2. The van der Waals surface area contributed by atoms with Crippen molar-refractivity contribution in [1.29, 1.82) is 0 Å². The topological polar surface area (TPSA) is 261 Å². The van der Waals surface area contributed by atoms with E-state index in [0.29, 0.717) is 68.1 Å². The number of amides is 5. The first-order valence-corrected chi connectivity index (χ1v) is 29.6. The number of rotatable bonds is 23. The lowest BCUT2D eigenvalue weighted by Gasteiger charge is -2.34. The van der Waals surface area contributed by atoms with E-state index in [1.165, 1.54) is 22.3 Å². The highest BCUT2D eigenvalue weighted by molar-refractivity contribution is 7.13. The average molecular weight is 1150 g/mol. The molecule has 7 heterocycles. The van der Waals surface area contributed by atoms with Crippen LogP contribution in [0.5, 0.6) is 0 Å². The molecule has 0 radical (unpaired) electrons. The van der Waals surface area contributed by atoms with E-state index in [1.54, 1.807) is 54.1 Å². The molecule has 23 heteroatoms. The average Bonchev–Trinajstić information content (AvgIpc) is 4.05. The van der Waals surface area contributed by atoms with Crippen LogP contribution in [0.25, 0.3) is 27.3 Å². The van der Waals surface area contributed by atoms with Gasteiger partial charge in [0.05, 0.1) is 76.4 Å². The van der Waals surface area contributed by atoms with Crippen LogP contribution >= 0.6 is 11.3 Å². The Kier molecular flexibility index (Phi) is 18.1. The molecular formula is C60H73FN14O7S. The number of anilines is 2. The number of halogens is 1. The van der Waals surface area contributed by atoms with Gasteiger partial charge in [0.25, 0.3) is 5.91 Å². The first-order valence-electron chi connectivity index (χ1n) is 28.7. The third kappa shape index (κ3) is 14.1. The van der Waals surface area contributed by atoms with Crippen molar-refractivity contribution < 1.29 is 38.0 Å². The van der Waals surface area contributed by atoms with Crippen LogP contribution in [0, 0.1) is 25.1 Å². The Morgan fingerprint density at radius 3 is 2.28 bits per heavy atom. The number of hydrogen-bond donors (Lipinski definition) is 6. The van der Waals surface area contributed by atoms with E-state index in [2.05, 4.69) is 46.6 Å². The Balaban J connectivity index is 0.636. The third-order valence-corrected chi connectivity index (χ3v) is 16.7. The molecule has 21 nitrogen and oxygen atoms in total. The summed E-state index contributed by atoms with van der Waals surface area (Å²) in [7, 11) is 0. The van der Waals surface area contributed by atoms with Crippen molar-refractivity contribution in [3.8, 4) is 21.7 Å². The molecule has 2 saturated heterocycles. The van der Waals surface area contributed by atoms with Gasteiger partial charge in [-0.05, 0) is 74.3 Å². The molecule has 2 aliphatic heterocycles. The first-order chi connectivity index (χ1) is 40.0. The maximum atomic E-state index is 15.7. The van der Waals surface area contributed by atoms with Gasteiger partial charge in [-0.25, -0.2) is 19.3 Å². The summed E-state index contributed by atoms with van der Waals surface area (Å²) in [5, 5.41) is 34.0. The molecule has 3 fully saturated rings. The van der Waals surface area contributed by atoms with Crippen LogP contribution in [-0.4, -0.2) is 149 Å². The summed E-state index contributed by atoms with van der Waals surface area (Å²) in [6, 6.07) is 12.1. The quantitative estimate of drug-likeness (QED) is 0.0338. The van der Waals surface area contributed by atoms with E-state index in [-0.39, 0.29) is 60.8 Å². The fourth-order valence-electron chi connectivity index (χ4n) is 11.1. The minimum atomic E-state index is -0.972. The lowest BCUT2D eigenvalue weighted by Crippen LogP contribution is -2.51. The Labute approximate surface area is 485 Å². The Bertz CT molecular complexity index is 3420. The summed E-state index contributed by atoms with van der Waals surface area (Å²) in [5.74, 6) is -1.59. The Morgan fingerprint density at radius 1 is 0.892 bits per heavy atom. The van der Waals surface area contributed by atoms with Crippen molar-refractivity contribution >= 4 is 58.0 Å². The van der Waals surface area contributed by atoms with Gasteiger partial charge < -0.3 is 40.7 Å². The first kappa shape index (κ1) is 58.3. The van der Waals surface area contributed by atoms with Crippen LogP contribution in [0.15, 0.2) is 83.4 Å². The molecule has 10 rings (SSSR count). The lowest BCUT2D eigenvalue weighted by atomic mass is 9.78. The molecule has 2 aromatic carbocycles. The number of carbonyl (C=O) groups excluding carboxylic acids is 5. The van der Waals surface area contributed by atoms with Gasteiger partial charge in [-0.2, -0.15) is 5.10 Å². The largest absolute Gasteiger partial charge is 0.391 e. The van der Waals surface area contributed by atoms with Gasteiger partial charge in [0.2, 0.25) is 23.6 Å². The van der Waals surface area contributed by atoms with Crippen LogP contribution in [0.2, 0.25) is 0 Å². The van der Waals surface area contributed by atoms with Gasteiger partial charge in [0, 0.05) is 87.7 Å². The normalized spacial score (nSPS) is 17.4. The van der Waals surface area contributed by atoms with Gasteiger partial charge in [-0.15, -0.1) is 11.3 Å². The van der Waals surface area contributed by atoms with Gasteiger partial charge in [-0.1, -0.05) is 69.5 Å². The summed E-state index contributed by atoms with van der Waals surface area (Å²) in [6.07, 6.45) is 12.6. The number of hydrogen-bond acceptors (Lipinski definition) is 15. The van der Waals surface area contributed by atoms with Crippen molar-refractivity contribution in [2.45, 2.75) is 122 Å². The highest BCUT2D eigenvalue weighted by Crippen LogP contribution is 2.42. The molecule has 438 valence electrons. The molecule has 6 N–H and O–H groups in total. The molecule has 0 bridgehead atoms. The van der Waals surface area contributed by atoms with Crippen LogP contribution in [-0.2, 0) is 19.2 Å². The second-order valence-corrected chi connectivity index (χ2v) is 24.0. The molecule has 3 aliphatic rings. The maximum Gasteiger partial charge on any atom is 0.254 e. The van der Waals surface area contributed by atoms with Crippen molar-refractivity contribution in [2.24, 2.45) is 5.41 Å². The fraction of sp³-hybridized carbons (Fsp3) is 0.467. The van der Waals surface area contributed by atoms with E-state index in [0.717, 1.165) is 83.6 Å². The van der Waals surface area contributed by atoms with Crippen molar-refractivity contribution in [3.63, 3.8) is 0 Å². The fourth-order valence-corrected chi connectivity index (χ4v) is 11.9.